The van der Waals surface area contributed by atoms with E-state index in [0.29, 0.717) is 22.9 Å². The Hall–Kier alpha value is -1.69. The number of nitrogens with one attached hydrogen (secondary N) is 1. The fourth-order valence-electron chi connectivity index (χ4n) is 1.50. The normalized spacial score (nSPS) is 10.7. The number of nitrogen functional groups attached to an aromatic ring is 1. The molecule has 0 bridgehead atoms. The van der Waals surface area contributed by atoms with Crippen LogP contribution < -0.4 is 11.1 Å². The number of nitrogens with zero attached hydrogens (tertiary/aromatic N) is 1. The van der Waals surface area contributed by atoms with E-state index < -0.39 is 0 Å². The molecule has 0 aliphatic rings. The van der Waals surface area contributed by atoms with Crippen LogP contribution in [0.1, 0.15) is 12.8 Å². The number of carbonyl (C=O) groups excluding carboxylic acids is 1. The Morgan fingerprint density at radius 3 is 3.17 bits per heavy atom. The van der Waals surface area contributed by atoms with Gasteiger partial charge >= 0.3 is 0 Å². The van der Waals surface area contributed by atoms with Crippen molar-refractivity contribution in [2.75, 3.05) is 18.5 Å². The summed E-state index contributed by atoms with van der Waals surface area (Å²) in [5.74, 6) is 0.858. The second kappa shape index (κ2) is 5.77. The summed E-state index contributed by atoms with van der Waals surface area (Å²) < 4.78 is 5.55. The van der Waals surface area contributed by atoms with Crippen molar-refractivity contribution in [3.8, 4) is 0 Å². The molecule has 1 amide bonds. The molecule has 96 valence electrons. The smallest absolute Gasteiger partial charge is 0.256 e. The summed E-state index contributed by atoms with van der Waals surface area (Å²) in [5, 5.41) is 3.21. The zero-order chi connectivity index (χ0) is 13.0. The van der Waals surface area contributed by atoms with Crippen molar-refractivity contribution in [2.24, 2.45) is 0 Å². The van der Waals surface area contributed by atoms with Gasteiger partial charge in [0.1, 0.15) is 5.52 Å². The van der Waals surface area contributed by atoms with Gasteiger partial charge in [0.2, 0.25) is 5.91 Å². The first-order chi connectivity index (χ1) is 8.69. The van der Waals surface area contributed by atoms with Crippen LogP contribution in [0.15, 0.2) is 27.8 Å². The Morgan fingerprint density at radius 2 is 2.39 bits per heavy atom. The Balaban J connectivity index is 1.90. The molecule has 1 heterocycles. The van der Waals surface area contributed by atoms with E-state index in [1.165, 1.54) is 11.8 Å². The van der Waals surface area contributed by atoms with Gasteiger partial charge in [-0.3, -0.25) is 4.79 Å². The van der Waals surface area contributed by atoms with Crippen LogP contribution in [0.2, 0.25) is 0 Å². The second-order valence-electron chi connectivity index (χ2n) is 3.83. The van der Waals surface area contributed by atoms with E-state index in [2.05, 4.69) is 10.3 Å². The van der Waals surface area contributed by atoms with Crippen LogP contribution in [0.25, 0.3) is 11.1 Å². The SMILES string of the molecule is CNC(=O)CCCSc1nc2ccc(N)cc2o1. The molecule has 0 spiro atoms. The quantitative estimate of drug-likeness (QED) is 0.491. The molecule has 18 heavy (non-hydrogen) atoms. The largest absolute Gasteiger partial charge is 0.431 e. The number of fused-ring (bicyclic) bond motifs is 1. The molecule has 0 fully saturated rings. The summed E-state index contributed by atoms with van der Waals surface area (Å²) in [4.78, 5) is 15.4. The Labute approximate surface area is 109 Å². The monoisotopic (exact) mass is 265 g/mol. The van der Waals surface area contributed by atoms with E-state index in [1.807, 2.05) is 6.07 Å². The van der Waals surface area contributed by atoms with Crippen LogP contribution in [0.5, 0.6) is 0 Å². The Kier molecular flexibility index (Phi) is 4.09. The van der Waals surface area contributed by atoms with Crippen LogP contribution >= 0.6 is 11.8 Å². The van der Waals surface area contributed by atoms with Crippen LogP contribution in [-0.4, -0.2) is 23.7 Å². The number of hydrogen-bond acceptors (Lipinski definition) is 5. The third-order valence-electron chi connectivity index (χ3n) is 2.45. The van der Waals surface area contributed by atoms with E-state index in [9.17, 15) is 4.79 Å². The van der Waals surface area contributed by atoms with Crippen LogP contribution in [0.4, 0.5) is 5.69 Å². The lowest BCUT2D eigenvalue weighted by Crippen LogP contribution is -2.17. The lowest BCUT2D eigenvalue weighted by atomic mass is 10.3. The van der Waals surface area contributed by atoms with E-state index in [0.717, 1.165) is 17.7 Å². The molecule has 0 saturated carbocycles. The maximum atomic E-state index is 11.0. The van der Waals surface area contributed by atoms with Gasteiger partial charge in [0.25, 0.3) is 5.22 Å². The predicted molar refractivity (Wildman–Crippen MR) is 72.4 cm³/mol. The average molecular weight is 265 g/mol. The molecule has 6 heteroatoms. The lowest BCUT2D eigenvalue weighted by molar-refractivity contribution is -0.120. The highest BCUT2D eigenvalue weighted by atomic mass is 32.2. The summed E-state index contributed by atoms with van der Waals surface area (Å²) in [6, 6.07) is 5.39. The molecule has 5 nitrogen and oxygen atoms in total. The van der Waals surface area contributed by atoms with Crippen LogP contribution in [0, 0.1) is 0 Å². The van der Waals surface area contributed by atoms with Crippen molar-refractivity contribution in [3.05, 3.63) is 18.2 Å². The van der Waals surface area contributed by atoms with Crippen molar-refractivity contribution in [1.82, 2.24) is 10.3 Å². The van der Waals surface area contributed by atoms with E-state index in [-0.39, 0.29) is 5.91 Å². The fraction of sp³-hybridized carbons (Fsp3) is 0.333. The van der Waals surface area contributed by atoms with E-state index in [1.54, 1.807) is 19.2 Å². The van der Waals surface area contributed by atoms with Crippen molar-refractivity contribution in [1.29, 1.82) is 0 Å². The molecular formula is C12H15N3O2S. The van der Waals surface area contributed by atoms with Crippen molar-refractivity contribution in [3.63, 3.8) is 0 Å². The number of oxazole rings is 1. The Morgan fingerprint density at radius 1 is 1.56 bits per heavy atom. The average Bonchev–Trinajstić information content (AvgIpc) is 2.76. The first kappa shape index (κ1) is 12.8. The van der Waals surface area contributed by atoms with Gasteiger partial charge in [-0.05, 0) is 18.6 Å². The number of thioether (sulfide) groups is 1. The number of anilines is 1. The van der Waals surface area contributed by atoms with Crippen LogP contribution in [0.3, 0.4) is 0 Å². The maximum absolute atomic E-state index is 11.0. The van der Waals surface area contributed by atoms with Gasteiger partial charge in [0, 0.05) is 31.0 Å². The van der Waals surface area contributed by atoms with E-state index >= 15 is 0 Å². The molecule has 0 aliphatic carbocycles. The first-order valence-electron chi connectivity index (χ1n) is 5.68. The number of aromatic nitrogens is 1. The highest BCUT2D eigenvalue weighted by Gasteiger charge is 2.06. The van der Waals surface area contributed by atoms with Crippen molar-refractivity contribution in [2.45, 2.75) is 18.1 Å². The maximum Gasteiger partial charge on any atom is 0.256 e. The summed E-state index contributed by atoms with van der Waals surface area (Å²) in [6.45, 7) is 0. The highest BCUT2D eigenvalue weighted by molar-refractivity contribution is 7.99. The topological polar surface area (TPSA) is 81.2 Å². The molecule has 2 rings (SSSR count). The van der Waals surface area contributed by atoms with E-state index in [4.69, 9.17) is 10.2 Å². The minimum absolute atomic E-state index is 0.0564. The molecule has 2 aromatic rings. The van der Waals surface area contributed by atoms with Crippen LogP contribution in [-0.2, 0) is 4.79 Å². The zero-order valence-electron chi connectivity index (χ0n) is 10.1. The van der Waals surface area contributed by atoms with Gasteiger partial charge in [0.05, 0.1) is 0 Å². The number of carbonyl (C=O) groups is 1. The number of rotatable bonds is 5. The third-order valence-corrected chi connectivity index (χ3v) is 3.36. The van der Waals surface area contributed by atoms with Gasteiger partial charge in [-0.25, -0.2) is 4.98 Å². The minimum atomic E-state index is 0.0564. The van der Waals surface area contributed by atoms with Gasteiger partial charge in [-0.15, -0.1) is 0 Å². The fourth-order valence-corrected chi connectivity index (χ4v) is 2.27. The number of benzene rings is 1. The zero-order valence-corrected chi connectivity index (χ0v) is 10.9. The highest BCUT2D eigenvalue weighted by Crippen LogP contribution is 2.25. The molecule has 0 aliphatic heterocycles. The molecular weight excluding hydrogens is 250 g/mol. The second-order valence-corrected chi connectivity index (χ2v) is 4.88. The Bertz CT molecular complexity index is 553. The molecule has 3 N–H and O–H groups in total. The van der Waals surface area contributed by atoms with Gasteiger partial charge in [0.15, 0.2) is 5.58 Å². The number of nitrogens with two attached hydrogens (primary N) is 1. The van der Waals surface area contributed by atoms with Crippen molar-refractivity contribution < 1.29 is 9.21 Å². The summed E-state index contributed by atoms with van der Waals surface area (Å²) in [7, 11) is 1.64. The molecule has 0 unspecified atom stereocenters. The first-order valence-corrected chi connectivity index (χ1v) is 6.67. The number of amides is 1. The molecule has 0 atom stereocenters. The van der Waals surface area contributed by atoms with Gasteiger partial charge < -0.3 is 15.5 Å². The third kappa shape index (κ3) is 3.16. The van der Waals surface area contributed by atoms with Gasteiger partial charge in [-0.2, -0.15) is 0 Å². The molecule has 0 saturated heterocycles. The molecule has 1 aromatic heterocycles. The molecule has 0 radical (unpaired) electrons. The lowest BCUT2D eigenvalue weighted by Gasteiger charge is -1.97. The summed E-state index contributed by atoms with van der Waals surface area (Å²) in [6.07, 6.45) is 1.32. The summed E-state index contributed by atoms with van der Waals surface area (Å²) >= 11 is 1.51. The van der Waals surface area contributed by atoms with Gasteiger partial charge in [-0.1, -0.05) is 11.8 Å². The number of hydrogen-bond donors (Lipinski definition) is 2. The standard InChI is InChI=1S/C12H15N3O2S/c1-14-11(16)3-2-6-18-12-15-9-5-4-8(13)7-10(9)17-12/h4-5,7H,2-3,6,13H2,1H3,(H,14,16). The van der Waals surface area contributed by atoms with Crippen molar-refractivity contribution >= 4 is 34.5 Å². The summed E-state index contributed by atoms with van der Waals surface area (Å²) in [5.41, 5.74) is 7.83. The minimum Gasteiger partial charge on any atom is -0.431 e. The molecule has 1 aromatic carbocycles. The predicted octanol–water partition coefficient (Wildman–Crippen LogP) is 2.03.